The molecule has 0 aromatic heterocycles. The molecule has 3 fully saturated rings. The molecule has 0 aromatic carbocycles. The van der Waals surface area contributed by atoms with Gasteiger partial charge in [-0.05, 0) is 6.42 Å². The third-order valence-electron chi connectivity index (χ3n) is 4.57. The Morgan fingerprint density at radius 3 is 3.06 bits per heavy atom. The molecule has 5 nitrogen and oxygen atoms in total. The fraction of sp³-hybridized carbons (Fsp3) is 0.692. The first-order chi connectivity index (χ1) is 8.59. The summed E-state index contributed by atoms with van der Waals surface area (Å²) in [4.78, 5) is 24.2. The Kier molecular flexibility index (Phi) is 2.40. The third-order valence-corrected chi connectivity index (χ3v) is 4.57. The van der Waals surface area contributed by atoms with Crippen LogP contribution in [0.1, 0.15) is 19.3 Å². The third kappa shape index (κ3) is 1.14. The van der Waals surface area contributed by atoms with Crippen LogP contribution in [-0.2, 0) is 23.8 Å². The molecule has 0 spiro atoms. The van der Waals surface area contributed by atoms with Crippen molar-refractivity contribution < 1.29 is 23.8 Å². The summed E-state index contributed by atoms with van der Waals surface area (Å²) >= 11 is 0. The minimum Gasteiger partial charge on any atom is -0.468 e. The van der Waals surface area contributed by atoms with E-state index in [1.807, 2.05) is 0 Å². The zero-order valence-corrected chi connectivity index (χ0v) is 10.3. The summed E-state index contributed by atoms with van der Waals surface area (Å²) in [5.74, 6) is -0.321. The van der Waals surface area contributed by atoms with Crippen LogP contribution in [0.25, 0.3) is 0 Å². The molecule has 2 bridgehead atoms. The first kappa shape index (κ1) is 11.9. The summed E-state index contributed by atoms with van der Waals surface area (Å²) < 4.78 is 16.4. The zero-order valence-electron chi connectivity index (χ0n) is 10.3. The predicted molar refractivity (Wildman–Crippen MR) is 60.8 cm³/mol. The van der Waals surface area contributed by atoms with Crippen molar-refractivity contribution in [3.05, 3.63) is 12.7 Å². The van der Waals surface area contributed by atoms with Crippen molar-refractivity contribution in [2.45, 2.75) is 37.1 Å². The highest BCUT2D eigenvalue weighted by Crippen LogP contribution is 2.58. The molecule has 0 N–H and O–H groups in total. The van der Waals surface area contributed by atoms with Gasteiger partial charge in [-0.3, -0.25) is 9.59 Å². The summed E-state index contributed by atoms with van der Waals surface area (Å²) in [5, 5.41) is 0. The number of methoxy groups -OCH3 is 1. The Bertz CT molecular complexity index is 431. The van der Waals surface area contributed by atoms with Crippen LogP contribution in [0, 0.1) is 5.41 Å². The minimum atomic E-state index is -0.906. The molecule has 18 heavy (non-hydrogen) atoms. The molecule has 0 saturated carbocycles. The van der Waals surface area contributed by atoms with Gasteiger partial charge in [-0.15, -0.1) is 6.58 Å². The molecule has 0 aromatic rings. The molecule has 0 radical (unpaired) electrons. The van der Waals surface area contributed by atoms with Crippen LogP contribution in [0.5, 0.6) is 0 Å². The number of rotatable bonds is 2. The molecule has 0 amide bonds. The van der Waals surface area contributed by atoms with Crippen LogP contribution >= 0.6 is 0 Å². The van der Waals surface area contributed by atoms with Gasteiger partial charge in [-0.2, -0.15) is 0 Å². The van der Waals surface area contributed by atoms with Crippen LogP contribution in [0.2, 0.25) is 0 Å². The maximum atomic E-state index is 12.2. The number of ketones is 1. The Morgan fingerprint density at radius 2 is 2.39 bits per heavy atom. The summed E-state index contributed by atoms with van der Waals surface area (Å²) in [6, 6.07) is 0. The average molecular weight is 252 g/mol. The van der Waals surface area contributed by atoms with Crippen molar-refractivity contribution in [1.82, 2.24) is 0 Å². The fourth-order valence-corrected chi connectivity index (χ4v) is 3.67. The van der Waals surface area contributed by atoms with Crippen LogP contribution in [0.4, 0.5) is 0 Å². The smallest absolute Gasteiger partial charge is 0.315 e. The lowest BCUT2D eigenvalue weighted by atomic mass is 9.65. The molecule has 3 aliphatic rings. The number of Topliss-reactive ketones (excluding diaryl/α,β-unsaturated/α-hetero) is 1. The van der Waals surface area contributed by atoms with Crippen molar-refractivity contribution >= 4 is 11.8 Å². The zero-order chi connectivity index (χ0) is 13.0. The molecule has 0 aliphatic carbocycles. The van der Waals surface area contributed by atoms with Crippen LogP contribution in [0.3, 0.4) is 0 Å². The van der Waals surface area contributed by atoms with Gasteiger partial charge in [0.15, 0.2) is 5.78 Å². The van der Waals surface area contributed by atoms with Gasteiger partial charge >= 0.3 is 5.97 Å². The summed E-state index contributed by atoms with van der Waals surface area (Å²) in [6.07, 6.45) is 1.85. The number of carbonyl (C=O) groups is 2. The van der Waals surface area contributed by atoms with E-state index in [9.17, 15) is 9.59 Å². The summed E-state index contributed by atoms with van der Waals surface area (Å²) in [6.45, 7) is 4.24. The highest BCUT2D eigenvalue weighted by Gasteiger charge is 2.71. The Labute approximate surface area is 105 Å². The summed E-state index contributed by atoms with van der Waals surface area (Å²) in [5.41, 5.74) is -1.72. The molecular weight excluding hydrogens is 236 g/mol. The van der Waals surface area contributed by atoms with Gasteiger partial charge in [0.05, 0.1) is 13.2 Å². The SMILES string of the molecule is C=C[C@]12OC3C[C@@]1(C(=O)OC)CCO[C@H]2CC3=O. The van der Waals surface area contributed by atoms with Gasteiger partial charge in [0.2, 0.25) is 0 Å². The average Bonchev–Trinajstić information content (AvgIpc) is 2.74. The lowest BCUT2D eigenvalue weighted by Crippen LogP contribution is -2.62. The van der Waals surface area contributed by atoms with Gasteiger partial charge in [0.25, 0.3) is 0 Å². The van der Waals surface area contributed by atoms with Crippen molar-refractivity contribution in [2.24, 2.45) is 5.41 Å². The first-order valence-corrected chi connectivity index (χ1v) is 6.14. The second-order valence-electron chi connectivity index (χ2n) is 5.16. The molecular formula is C13H16O5. The number of hydrogen-bond acceptors (Lipinski definition) is 5. The van der Waals surface area contributed by atoms with E-state index in [1.54, 1.807) is 6.08 Å². The molecule has 3 saturated heterocycles. The van der Waals surface area contributed by atoms with Gasteiger partial charge < -0.3 is 14.2 Å². The van der Waals surface area contributed by atoms with E-state index in [0.29, 0.717) is 19.4 Å². The molecule has 1 unspecified atom stereocenters. The predicted octanol–water partition coefficient (Wildman–Crippen LogP) is 0.621. The highest BCUT2D eigenvalue weighted by molar-refractivity contribution is 5.90. The molecule has 3 heterocycles. The molecule has 3 rings (SSSR count). The van der Waals surface area contributed by atoms with E-state index < -0.39 is 23.2 Å². The van der Waals surface area contributed by atoms with Crippen LogP contribution in [0.15, 0.2) is 12.7 Å². The van der Waals surface area contributed by atoms with E-state index in [1.165, 1.54) is 7.11 Å². The van der Waals surface area contributed by atoms with E-state index in [0.717, 1.165) is 0 Å². The van der Waals surface area contributed by atoms with Crippen LogP contribution < -0.4 is 0 Å². The molecule has 98 valence electrons. The maximum absolute atomic E-state index is 12.2. The minimum absolute atomic E-state index is 0.00477. The highest BCUT2D eigenvalue weighted by atomic mass is 16.6. The fourth-order valence-electron chi connectivity index (χ4n) is 3.67. The molecule has 4 atom stereocenters. The maximum Gasteiger partial charge on any atom is 0.315 e. The lowest BCUT2D eigenvalue weighted by Gasteiger charge is -2.49. The van der Waals surface area contributed by atoms with Crippen molar-refractivity contribution in [3.8, 4) is 0 Å². The van der Waals surface area contributed by atoms with Crippen molar-refractivity contribution in [1.29, 1.82) is 0 Å². The van der Waals surface area contributed by atoms with E-state index in [2.05, 4.69) is 6.58 Å². The normalized spacial score (nSPS) is 45.7. The van der Waals surface area contributed by atoms with E-state index in [-0.39, 0.29) is 18.2 Å². The van der Waals surface area contributed by atoms with Crippen molar-refractivity contribution in [3.63, 3.8) is 0 Å². The largest absolute Gasteiger partial charge is 0.468 e. The van der Waals surface area contributed by atoms with Gasteiger partial charge in [0.1, 0.15) is 17.1 Å². The standard InChI is InChI=1S/C13H16O5/c1-3-13-10-6-8(14)9(18-13)7-12(13,4-5-17-10)11(15)16-2/h3,9-10H,1,4-7H2,2H3/t9?,10-,12+,13+/m0/s1. The number of esters is 1. The Morgan fingerprint density at radius 1 is 1.61 bits per heavy atom. The van der Waals surface area contributed by atoms with Gasteiger partial charge in [-0.25, -0.2) is 0 Å². The number of hydrogen-bond donors (Lipinski definition) is 0. The number of fused-ring (bicyclic) bond motifs is 1. The summed E-state index contributed by atoms with van der Waals surface area (Å²) in [7, 11) is 1.36. The monoisotopic (exact) mass is 252 g/mol. The van der Waals surface area contributed by atoms with Crippen molar-refractivity contribution in [2.75, 3.05) is 13.7 Å². The Hall–Kier alpha value is -1.20. The second kappa shape index (κ2) is 3.65. The van der Waals surface area contributed by atoms with Gasteiger partial charge in [0, 0.05) is 19.4 Å². The van der Waals surface area contributed by atoms with E-state index >= 15 is 0 Å². The molecule has 5 heteroatoms. The van der Waals surface area contributed by atoms with Gasteiger partial charge in [-0.1, -0.05) is 6.08 Å². The Balaban J connectivity index is 2.14. The number of ether oxygens (including phenoxy) is 3. The second-order valence-corrected chi connectivity index (χ2v) is 5.16. The first-order valence-electron chi connectivity index (χ1n) is 6.14. The topological polar surface area (TPSA) is 61.8 Å². The van der Waals surface area contributed by atoms with Crippen LogP contribution in [-0.4, -0.2) is 43.3 Å². The number of carbonyl (C=O) groups excluding carboxylic acids is 2. The quantitative estimate of drug-likeness (QED) is 0.532. The lowest BCUT2D eigenvalue weighted by molar-refractivity contribution is -0.215. The molecule has 3 aliphatic heterocycles. The van der Waals surface area contributed by atoms with E-state index in [4.69, 9.17) is 14.2 Å².